The van der Waals surface area contributed by atoms with Gasteiger partial charge in [0.1, 0.15) is 17.9 Å². The summed E-state index contributed by atoms with van der Waals surface area (Å²) < 4.78 is 10.7. The van der Waals surface area contributed by atoms with Crippen LogP contribution in [0.1, 0.15) is 47.2 Å². The molecule has 0 spiro atoms. The summed E-state index contributed by atoms with van der Waals surface area (Å²) in [6.07, 6.45) is 3.01. The molecule has 142 valence electrons. The Morgan fingerprint density at radius 2 is 1.81 bits per heavy atom. The molecule has 2 aromatic carbocycles. The molecule has 3 rings (SSSR count). The van der Waals surface area contributed by atoms with Crippen molar-refractivity contribution < 1.29 is 19.1 Å². The Balaban J connectivity index is 1.69. The zero-order valence-electron chi connectivity index (χ0n) is 15.8. The molecule has 27 heavy (non-hydrogen) atoms. The van der Waals surface area contributed by atoms with Crippen molar-refractivity contribution in [2.75, 3.05) is 7.11 Å². The summed E-state index contributed by atoms with van der Waals surface area (Å²) in [5, 5.41) is 2.90. The molecule has 0 aromatic heterocycles. The number of carbonyl (C=O) groups is 2. The highest BCUT2D eigenvalue weighted by atomic mass is 16.5. The van der Waals surface area contributed by atoms with Crippen molar-refractivity contribution in [2.24, 2.45) is 0 Å². The number of esters is 1. The highest BCUT2D eigenvalue weighted by Crippen LogP contribution is 2.31. The van der Waals surface area contributed by atoms with Crippen LogP contribution >= 0.6 is 0 Å². The number of benzene rings is 2. The van der Waals surface area contributed by atoms with Crippen LogP contribution in [-0.2, 0) is 16.1 Å². The normalized spacial score (nSPS) is 15.2. The van der Waals surface area contributed by atoms with Crippen LogP contribution in [0.3, 0.4) is 0 Å². The van der Waals surface area contributed by atoms with E-state index in [1.807, 2.05) is 31.2 Å². The lowest BCUT2D eigenvalue weighted by Gasteiger charge is -2.27. The van der Waals surface area contributed by atoms with Gasteiger partial charge in [0.25, 0.3) is 5.91 Å². The maximum atomic E-state index is 12.7. The quantitative estimate of drug-likeness (QED) is 0.789. The van der Waals surface area contributed by atoms with Gasteiger partial charge >= 0.3 is 5.97 Å². The summed E-state index contributed by atoms with van der Waals surface area (Å²) in [5.74, 6) is -0.0498. The molecular formula is C22H25NO4. The van der Waals surface area contributed by atoms with Crippen LogP contribution in [0, 0.1) is 6.92 Å². The van der Waals surface area contributed by atoms with Crippen LogP contribution < -0.4 is 10.1 Å². The number of aryl methyl sites for hydroxylation is 1. The van der Waals surface area contributed by atoms with Gasteiger partial charge in [-0.25, -0.2) is 4.79 Å². The second kappa shape index (κ2) is 8.25. The Labute approximate surface area is 159 Å². The fourth-order valence-corrected chi connectivity index (χ4v) is 3.54. The second-order valence-electron chi connectivity index (χ2n) is 7.04. The van der Waals surface area contributed by atoms with Crippen molar-refractivity contribution in [1.29, 1.82) is 0 Å². The monoisotopic (exact) mass is 367 g/mol. The van der Waals surface area contributed by atoms with Crippen LogP contribution in [0.5, 0.6) is 5.75 Å². The molecule has 0 unspecified atom stereocenters. The topological polar surface area (TPSA) is 64.6 Å². The molecule has 0 heterocycles. The van der Waals surface area contributed by atoms with E-state index < -0.39 is 5.54 Å². The summed E-state index contributed by atoms with van der Waals surface area (Å²) in [5.41, 5.74) is 1.80. The standard InChI is InChI=1S/C22H25NO4/c1-16-7-5-8-17(13-16)15-27-19-10-6-9-18(14-19)20(24)23-22(21(25)26-2)11-3-4-12-22/h5-10,13-14H,3-4,11-12,15H2,1-2H3,(H,23,24). The van der Waals surface area contributed by atoms with Crippen molar-refractivity contribution in [3.8, 4) is 5.75 Å². The minimum atomic E-state index is -0.912. The van der Waals surface area contributed by atoms with Crippen LogP contribution in [-0.4, -0.2) is 24.5 Å². The van der Waals surface area contributed by atoms with Gasteiger partial charge < -0.3 is 14.8 Å². The fourth-order valence-electron chi connectivity index (χ4n) is 3.54. The molecule has 1 aliphatic carbocycles. The average molecular weight is 367 g/mol. The zero-order chi connectivity index (χ0) is 19.3. The number of ether oxygens (including phenoxy) is 2. The van der Waals surface area contributed by atoms with Crippen molar-refractivity contribution >= 4 is 11.9 Å². The maximum absolute atomic E-state index is 12.7. The number of rotatable bonds is 6. The lowest BCUT2D eigenvalue weighted by Crippen LogP contribution is -2.53. The lowest BCUT2D eigenvalue weighted by molar-refractivity contribution is -0.148. The fraction of sp³-hybridized carbons (Fsp3) is 0.364. The molecule has 0 saturated heterocycles. The largest absolute Gasteiger partial charge is 0.489 e. The summed E-state index contributed by atoms with van der Waals surface area (Å²) in [6, 6.07) is 15.1. The number of hydrogen-bond acceptors (Lipinski definition) is 4. The molecule has 0 radical (unpaired) electrons. The molecule has 5 heteroatoms. The number of nitrogens with one attached hydrogen (secondary N) is 1. The highest BCUT2D eigenvalue weighted by Gasteiger charge is 2.43. The molecule has 0 bridgehead atoms. The summed E-state index contributed by atoms with van der Waals surface area (Å²) in [6.45, 7) is 2.47. The van der Waals surface area contributed by atoms with Crippen molar-refractivity contribution in [3.05, 3.63) is 65.2 Å². The van der Waals surface area contributed by atoms with E-state index in [1.54, 1.807) is 18.2 Å². The van der Waals surface area contributed by atoms with E-state index in [2.05, 4.69) is 11.4 Å². The highest BCUT2D eigenvalue weighted by molar-refractivity contribution is 5.98. The second-order valence-corrected chi connectivity index (χ2v) is 7.04. The lowest BCUT2D eigenvalue weighted by atomic mass is 9.97. The van der Waals surface area contributed by atoms with E-state index in [0.717, 1.165) is 18.4 Å². The van der Waals surface area contributed by atoms with Crippen molar-refractivity contribution in [1.82, 2.24) is 5.32 Å². The average Bonchev–Trinajstić information content (AvgIpc) is 3.15. The molecule has 0 atom stereocenters. The van der Waals surface area contributed by atoms with Gasteiger partial charge in [0.2, 0.25) is 0 Å². The van der Waals surface area contributed by atoms with E-state index in [1.165, 1.54) is 12.7 Å². The minimum absolute atomic E-state index is 0.289. The maximum Gasteiger partial charge on any atom is 0.331 e. The predicted octanol–water partition coefficient (Wildman–Crippen LogP) is 3.79. The third-order valence-corrected chi connectivity index (χ3v) is 4.97. The van der Waals surface area contributed by atoms with Gasteiger partial charge in [0.15, 0.2) is 0 Å². The predicted molar refractivity (Wildman–Crippen MR) is 103 cm³/mol. The Morgan fingerprint density at radius 3 is 2.52 bits per heavy atom. The van der Waals surface area contributed by atoms with Gasteiger partial charge in [-0.1, -0.05) is 48.7 Å². The molecule has 1 saturated carbocycles. The summed E-state index contributed by atoms with van der Waals surface area (Å²) in [4.78, 5) is 24.9. The van der Waals surface area contributed by atoms with Gasteiger partial charge in [0.05, 0.1) is 7.11 Å². The number of amides is 1. The number of hydrogen-bond donors (Lipinski definition) is 1. The smallest absolute Gasteiger partial charge is 0.331 e. The molecule has 1 fully saturated rings. The van der Waals surface area contributed by atoms with Gasteiger partial charge in [-0.2, -0.15) is 0 Å². The Hall–Kier alpha value is -2.82. The molecule has 1 N–H and O–H groups in total. The first-order valence-electron chi connectivity index (χ1n) is 9.22. The Kier molecular flexibility index (Phi) is 5.79. The molecule has 1 aliphatic rings. The molecule has 0 aliphatic heterocycles. The first-order valence-corrected chi connectivity index (χ1v) is 9.22. The summed E-state index contributed by atoms with van der Waals surface area (Å²) >= 11 is 0. The van der Waals surface area contributed by atoms with E-state index in [4.69, 9.17) is 9.47 Å². The summed E-state index contributed by atoms with van der Waals surface area (Å²) in [7, 11) is 1.36. The van der Waals surface area contributed by atoms with Gasteiger partial charge in [0, 0.05) is 5.56 Å². The molecule has 5 nitrogen and oxygen atoms in total. The zero-order valence-corrected chi connectivity index (χ0v) is 15.8. The Morgan fingerprint density at radius 1 is 1.07 bits per heavy atom. The Bertz CT molecular complexity index is 825. The molecule has 2 aromatic rings. The van der Waals surface area contributed by atoms with E-state index >= 15 is 0 Å². The van der Waals surface area contributed by atoms with E-state index in [-0.39, 0.29) is 11.9 Å². The van der Waals surface area contributed by atoms with Crippen LogP contribution in [0.2, 0.25) is 0 Å². The van der Waals surface area contributed by atoms with E-state index in [0.29, 0.717) is 30.8 Å². The number of carbonyl (C=O) groups excluding carboxylic acids is 2. The van der Waals surface area contributed by atoms with Gasteiger partial charge in [-0.15, -0.1) is 0 Å². The van der Waals surface area contributed by atoms with Gasteiger partial charge in [-0.3, -0.25) is 4.79 Å². The first kappa shape index (κ1) is 19.0. The van der Waals surface area contributed by atoms with Crippen molar-refractivity contribution in [3.63, 3.8) is 0 Å². The third kappa shape index (κ3) is 4.48. The third-order valence-electron chi connectivity index (χ3n) is 4.97. The van der Waals surface area contributed by atoms with Crippen molar-refractivity contribution in [2.45, 2.75) is 44.8 Å². The minimum Gasteiger partial charge on any atom is -0.489 e. The molecular weight excluding hydrogens is 342 g/mol. The first-order chi connectivity index (χ1) is 13.0. The van der Waals surface area contributed by atoms with Crippen LogP contribution in [0.4, 0.5) is 0 Å². The number of methoxy groups -OCH3 is 1. The van der Waals surface area contributed by atoms with Crippen LogP contribution in [0.25, 0.3) is 0 Å². The van der Waals surface area contributed by atoms with Crippen LogP contribution in [0.15, 0.2) is 48.5 Å². The van der Waals surface area contributed by atoms with E-state index in [9.17, 15) is 9.59 Å². The molecule has 1 amide bonds. The van der Waals surface area contributed by atoms with Gasteiger partial charge in [-0.05, 0) is 43.5 Å². The SMILES string of the molecule is COC(=O)C1(NC(=O)c2cccc(OCc3cccc(C)c3)c2)CCCC1.